The molecule has 10 nitrogen and oxygen atoms in total. The van der Waals surface area contributed by atoms with Crippen LogP contribution in [0.2, 0.25) is 5.02 Å². The van der Waals surface area contributed by atoms with E-state index < -0.39 is 11.4 Å². The Morgan fingerprint density at radius 3 is 2.83 bits per heavy atom. The molecule has 0 radical (unpaired) electrons. The molecule has 1 aromatic carbocycles. The molecule has 5 rings (SSSR count). The standard InChI is InChI=1S/C23H23ClFN7O3/c1-13-9-31(11-19(35-13)14-7-27-32(10-14)12-34-3)23-28-20(16-5-4-15(24)6-18(16)25)17-8-26-30(2)22(33)21(17)29-23/h4-8,10,13,19H,9,11-12H2,1-3H3/t13-,19-/m0/s1. The third-order valence-electron chi connectivity index (χ3n) is 5.81. The molecule has 1 fully saturated rings. The Hall–Kier alpha value is -3.41. The van der Waals surface area contributed by atoms with Crippen molar-refractivity contribution in [2.75, 3.05) is 25.1 Å². The van der Waals surface area contributed by atoms with Crippen LogP contribution in [0.1, 0.15) is 18.6 Å². The van der Waals surface area contributed by atoms with E-state index in [1.165, 1.54) is 30.1 Å². The van der Waals surface area contributed by atoms with Gasteiger partial charge in [-0.05, 0) is 25.1 Å². The summed E-state index contributed by atoms with van der Waals surface area (Å²) in [6.07, 6.45) is 4.60. The van der Waals surface area contributed by atoms with E-state index in [9.17, 15) is 9.18 Å². The van der Waals surface area contributed by atoms with E-state index in [2.05, 4.69) is 15.2 Å². The van der Waals surface area contributed by atoms with Crippen molar-refractivity contribution in [3.05, 3.63) is 63.5 Å². The molecule has 0 bridgehead atoms. The van der Waals surface area contributed by atoms with E-state index in [-0.39, 0.29) is 34.0 Å². The molecule has 182 valence electrons. The number of aromatic nitrogens is 6. The van der Waals surface area contributed by atoms with Crippen LogP contribution in [0.15, 0.2) is 41.6 Å². The minimum atomic E-state index is -0.553. The number of halogens is 2. The van der Waals surface area contributed by atoms with Crippen molar-refractivity contribution in [3.63, 3.8) is 0 Å². The van der Waals surface area contributed by atoms with Crippen molar-refractivity contribution in [1.29, 1.82) is 0 Å². The second kappa shape index (κ2) is 9.33. The predicted octanol–water partition coefficient (Wildman–Crippen LogP) is 2.95. The summed E-state index contributed by atoms with van der Waals surface area (Å²) in [6.45, 7) is 3.18. The van der Waals surface area contributed by atoms with Crippen LogP contribution in [0, 0.1) is 5.82 Å². The third kappa shape index (κ3) is 4.49. The first-order chi connectivity index (χ1) is 16.8. The van der Waals surface area contributed by atoms with Crippen molar-refractivity contribution in [3.8, 4) is 11.3 Å². The molecule has 0 unspecified atom stereocenters. The molecule has 4 heterocycles. The van der Waals surface area contributed by atoms with Crippen LogP contribution in [-0.2, 0) is 23.3 Å². The van der Waals surface area contributed by atoms with Crippen LogP contribution in [0.25, 0.3) is 22.2 Å². The number of ether oxygens (including phenoxy) is 2. The molecule has 3 aromatic heterocycles. The first-order valence-electron chi connectivity index (χ1n) is 10.9. The maximum Gasteiger partial charge on any atom is 0.293 e. The van der Waals surface area contributed by atoms with Gasteiger partial charge in [-0.3, -0.25) is 4.79 Å². The minimum absolute atomic E-state index is 0.153. The zero-order valence-electron chi connectivity index (χ0n) is 19.4. The van der Waals surface area contributed by atoms with Gasteiger partial charge in [-0.15, -0.1) is 0 Å². The SMILES string of the molecule is COCn1cc([C@@H]2CN(c3nc(-c4ccc(Cl)cc4F)c4cnn(C)c(=O)c4n3)C[C@H](C)O2)cn1. The van der Waals surface area contributed by atoms with E-state index >= 15 is 0 Å². The summed E-state index contributed by atoms with van der Waals surface area (Å²) in [5.74, 6) is -0.252. The van der Waals surface area contributed by atoms with Crippen molar-refractivity contribution in [2.45, 2.75) is 25.9 Å². The number of rotatable bonds is 5. The zero-order valence-corrected chi connectivity index (χ0v) is 20.1. The molecule has 0 saturated carbocycles. The number of hydrogen-bond donors (Lipinski definition) is 0. The predicted molar refractivity (Wildman–Crippen MR) is 128 cm³/mol. The summed E-state index contributed by atoms with van der Waals surface area (Å²) in [5, 5.41) is 9.00. The van der Waals surface area contributed by atoms with Gasteiger partial charge in [-0.1, -0.05) is 11.6 Å². The number of aryl methyl sites for hydroxylation is 1. The number of benzene rings is 1. The summed E-state index contributed by atoms with van der Waals surface area (Å²) in [5.41, 5.74) is 1.11. The Kier molecular flexibility index (Phi) is 6.22. The van der Waals surface area contributed by atoms with E-state index in [1.807, 2.05) is 18.0 Å². The third-order valence-corrected chi connectivity index (χ3v) is 6.04. The second-order valence-electron chi connectivity index (χ2n) is 8.40. The van der Waals surface area contributed by atoms with Crippen LogP contribution >= 0.6 is 11.6 Å². The number of hydrogen-bond acceptors (Lipinski definition) is 8. The Morgan fingerprint density at radius 2 is 2.06 bits per heavy atom. The zero-order chi connectivity index (χ0) is 24.7. The molecule has 0 aliphatic carbocycles. The molecule has 35 heavy (non-hydrogen) atoms. The average Bonchev–Trinajstić information content (AvgIpc) is 3.30. The Labute approximate surface area is 204 Å². The average molecular weight is 500 g/mol. The molecule has 2 atom stereocenters. The van der Waals surface area contributed by atoms with Gasteiger partial charge in [0.05, 0.1) is 36.1 Å². The van der Waals surface area contributed by atoms with Gasteiger partial charge in [0, 0.05) is 43.0 Å². The van der Waals surface area contributed by atoms with E-state index in [4.69, 9.17) is 26.1 Å². The molecular weight excluding hydrogens is 477 g/mol. The Balaban J connectivity index is 1.61. The maximum absolute atomic E-state index is 14.9. The fourth-order valence-corrected chi connectivity index (χ4v) is 4.33. The molecule has 1 aliphatic heterocycles. The highest BCUT2D eigenvalue weighted by molar-refractivity contribution is 6.30. The Bertz CT molecular complexity index is 1460. The first-order valence-corrected chi connectivity index (χ1v) is 11.3. The monoisotopic (exact) mass is 499 g/mol. The topological polar surface area (TPSA) is 100 Å². The van der Waals surface area contributed by atoms with Crippen LogP contribution in [0.4, 0.5) is 10.3 Å². The first kappa shape index (κ1) is 23.3. The maximum atomic E-state index is 14.9. The number of morpholine rings is 1. The lowest BCUT2D eigenvalue weighted by atomic mass is 10.1. The number of anilines is 1. The van der Waals surface area contributed by atoms with E-state index in [0.29, 0.717) is 31.2 Å². The second-order valence-corrected chi connectivity index (χ2v) is 8.84. The van der Waals surface area contributed by atoms with Gasteiger partial charge in [0.1, 0.15) is 24.2 Å². The van der Waals surface area contributed by atoms with Gasteiger partial charge < -0.3 is 14.4 Å². The number of nitrogens with zero attached hydrogens (tertiary/aromatic N) is 7. The normalized spacial score (nSPS) is 18.4. The number of fused-ring (bicyclic) bond motifs is 1. The van der Waals surface area contributed by atoms with Gasteiger partial charge >= 0.3 is 0 Å². The van der Waals surface area contributed by atoms with Gasteiger partial charge in [0.2, 0.25) is 5.95 Å². The molecule has 0 amide bonds. The quantitative estimate of drug-likeness (QED) is 0.413. The highest BCUT2D eigenvalue weighted by Gasteiger charge is 2.30. The van der Waals surface area contributed by atoms with Crippen LogP contribution in [0.5, 0.6) is 0 Å². The number of methoxy groups -OCH3 is 1. The Morgan fingerprint density at radius 1 is 1.23 bits per heavy atom. The van der Waals surface area contributed by atoms with Crippen molar-refractivity contribution < 1.29 is 13.9 Å². The summed E-state index contributed by atoms with van der Waals surface area (Å²) < 4.78 is 29.1. The summed E-state index contributed by atoms with van der Waals surface area (Å²) in [4.78, 5) is 24.2. The molecule has 0 spiro atoms. The van der Waals surface area contributed by atoms with Gasteiger partial charge in [-0.25, -0.2) is 23.7 Å². The van der Waals surface area contributed by atoms with E-state index in [1.54, 1.807) is 24.1 Å². The van der Waals surface area contributed by atoms with Gasteiger partial charge in [-0.2, -0.15) is 10.2 Å². The highest BCUT2D eigenvalue weighted by atomic mass is 35.5. The lowest BCUT2D eigenvalue weighted by molar-refractivity contribution is -0.0179. The lowest BCUT2D eigenvalue weighted by Gasteiger charge is -2.36. The van der Waals surface area contributed by atoms with E-state index in [0.717, 1.165) is 5.56 Å². The molecule has 4 aromatic rings. The molecule has 1 aliphatic rings. The fourth-order valence-electron chi connectivity index (χ4n) is 4.17. The van der Waals surface area contributed by atoms with Crippen LogP contribution < -0.4 is 10.5 Å². The largest absolute Gasteiger partial charge is 0.367 e. The molecule has 12 heteroatoms. The lowest BCUT2D eigenvalue weighted by Crippen LogP contribution is -2.43. The van der Waals surface area contributed by atoms with Crippen molar-refractivity contribution >= 4 is 28.5 Å². The van der Waals surface area contributed by atoms with Gasteiger partial charge in [0.25, 0.3) is 5.56 Å². The molecule has 0 N–H and O–H groups in total. The summed E-state index contributed by atoms with van der Waals surface area (Å²) >= 11 is 5.96. The summed E-state index contributed by atoms with van der Waals surface area (Å²) in [7, 11) is 3.14. The van der Waals surface area contributed by atoms with Gasteiger partial charge in [0.15, 0.2) is 0 Å². The fraction of sp³-hybridized carbons (Fsp3) is 0.348. The summed E-state index contributed by atoms with van der Waals surface area (Å²) in [6, 6.07) is 4.33. The van der Waals surface area contributed by atoms with Crippen molar-refractivity contribution in [2.24, 2.45) is 7.05 Å². The minimum Gasteiger partial charge on any atom is -0.367 e. The van der Waals surface area contributed by atoms with Crippen LogP contribution in [0.3, 0.4) is 0 Å². The van der Waals surface area contributed by atoms with Crippen LogP contribution in [-0.4, -0.2) is 55.8 Å². The van der Waals surface area contributed by atoms with Crippen molar-refractivity contribution in [1.82, 2.24) is 29.5 Å². The smallest absolute Gasteiger partial charge is 0.293 e. The highest BCUT2D eigenvalue weighted by Crippen LogP contribution is 2.32. The molecular formula is C23H23ClFN7O3. The molecule has 1 saturated heterocycles.